The molecule has 0 N–H and O–H groups in total. The first-order valence-electron chi connectivity index (χ1n) is 4.21. The SMILES string of the molecule is O=C1CC([N+](=O)[O-])Oc2cc(F)ccc21. The molecule has 1 unspecified atom stereocenters. The van der Waals surface area contributed by atoms with Crippen LogP contribution in [0.4, 0.5) is 4.39 Å². The van der Waals surface area contributed by atoms with Crippen LogP contribution >= 0.6 is 0 Å². The summed E-state index contributed by atoms with van der Waals surface area (Å²) in [5.74, 6) is -1.06. The average Bonchev–Trinajstić information content (AvgIpc) is 2.16. The Bertz CT molecular complexity index is 446. The summed E-state index contributed by atoms with van der Waals surface area (Å²) >= 11 is 0. The van der Waals surface area contributed by atoms with Crippen molar-refractivity contribution in [1.82, 2.24) is 0 Å². The summed E-state index contributed by atoms with van der Waals surface area (Å²) in [5.41, 5.74) is 0.189. The summed E-state index contributed by atoms with van der Waals surface area (Å²) in [5, 5.41) is 10.4. The third-order valence-corrected chi connectivity index (χ3v) is 2.10. The van der Waals surface area contributed by atoms with Gasteiger partial charge in [-0.25, -0.2) is 4.39 Å². The van der Waals surface area contributed by atoms with Gasteiger partial charge in [-0.3, -0.25) is 14.9 Å². The molecule has 0 aromatic heterocycles. The lowest BCUT2D eigenvalue weighted by Gasteiger charge is -2.18. The molecule has 1 aliphatic heterocycles. The molecule has 78 valence electrons. The molecule has 2 rings (SSSR count). The van der Waals surface area contributed by atoms with Crippen LogP contribution in [-0.2, 0) is 0 Å². The van der Waals surface area contributed by atoms with E-state index in [4.69, 9.17) is 4.74 Å². The van der Waals surface area contributed by atoms with Crippen molar-refractivity contribution in [2.75, 3.05) is 0 Å². The quantitative estimate of drug-likeness (QED) is 0.520. The Balaban J connectivity index is 2.41. The summed E-state index contributed by atoms with van der Waals surface area (Å²) in [7, 11) is 0. The molecule has 0 spiro atoms. The van der Waals surface area contributed by atoms with E-state index in [1.807, 2.05) is 0 Å². The lowest BCUT2D eigenvalue weighted by Crippen LogP contribution is -2.33. The monoisotopic (exact) mass is 211 g/mol. The fraction of sp³-hybridized carbons (Fsp3) is 0.222. The van der Waals surface area contributed by atoms with Crippen LogP contribution < -0.4 is 4.74 Å². The van der Waals surface area contributed by atoms with Crippen LogP contribution in [0.3, 0.4) is 0 Å². The van der Waals surface area contributed by atoms with Gasteiger partial charge in [-0.1, -0.05) is 0 Å². The van der Waals surface area contributed by atoms with Crippen molar-refractivity contribution in [3.63, 3.8) is 0 Å². The summed E-state index contributed by atoms with van der Waals surface area (Å²) < 4.78 is 17.7. The predicted octanol–water partition coefficient (Wildman–Crippen LogP) is 1.39. The molecular formula is C9H6FNO4. The number of ketones is 1. The van der Waals surface area contributed by atoms with E-state index in [0.717, 1.165) is 12.1 Å². The molecule has 1 atom stereocenters. The number of fused-ring (bicyclic) bond motifs is 1. The second-order valence-electron chi connectivity index (χ2n) is 3.13. The lowest BCUT2D eigenvalue weighted by molar-refractivity contribution is -0.561. The first-order chi connectivity index (χ1) is 7.08. The van der Waals surface area contributed by atoms with Gasteiger partial charge in [-0.05, 0) is 12.1 Å². The summed E-state index contributed by atoms with van der Waals surface area (Å²) in [4.78, 5) is 21.1. The van der Waals surface area contributed by atoms with Gasteiger partial charge in [0.05, 0.1) is 10.5 Å². The van der Waals surface area contributed by atoms with E-state index >= 15 is 0 Å². The molecule has 0 radical (unpaired) electrons. The molecule has 0 amide bonds. The molecular weight excluding hydrogens is 205 g/mol. The van der Waals surface area contributed by atoms with Gasteiger partial charge in [0.1, 0.15) is 18.0 Å². The van der Waals surface area contributed by atoms with Crippen molar-refractivity contribution in [1.29, 1.82) is 0 Å². The van der Waals surface area contributed by atoms with Gasteiger partial charge in [-0.2, -0.15) is 0 Å². The summed E-state index contributed by atoms with van der Waals surface area (Å²) in [6.07, 6.45) is -1.72. The second kappa shape index (κ2) is 3.30. The number of Topliss-reactive ketones (excluding diaryl/α,β-unsaturated/α-hetero) is 1. The molecule has 15 heavy (non-hydrogen) atoms. The van der Waals surface area contributed by atoms with Crippen LogP contribution in [0.2, 0.25) is 0 Å². The minimum atomic E-state index is -1.41. The number of nitro groups is 1. The molecule has 5 nitrogen and oxygen atoms in total. The third-order valence-electron chi connectivity index (χ3n) is 2.10. The zero-order valence-electron chi connectivity index (χ0n) is 7.47. The molecule has 0 bridgehead atoms. The average molecular weight is 211 g/mol. The van der Waals surface area contributed by atoms with Gasteiger partial charge in [-0.15, -0.1) is 0 Å². The minimum Gasteiger partial charge on any atom is -0.429 e. The summed E-state index contributed by atoms with van der Waals surface area (Å²) in [6, 6.07) is 3.36. The number of rotatable bonds is 1. The van der Waals surface area contributed by atoms with E-state index in [-0.39, 0.29) is 17.7 Å². The Morgan fingerprint density at radius 3 is 2.93 bits per heavy atom. The first kappa shape index (κ1) is 9.57. The van der Waals surface area contributed by atoms with Crippen LogP contribution in [0.1, 0.15) is 16.8 Å². The maximum Gasteiger partial charge on any atom is 0.361 e. The highest BCUT2D eigenvalue weighted by molar-refractivity contribution is 5.99. The fourth-order valence-corrected chi connectivity index (χ4v) is 1.40. The molecule has 1 aliphatic rings. The number of hydrogen-bond donors (Lipinski definition) is 0. The maximum absolute atomic E-state index is 12.8. The molecule has 0 saturated carbocycles. The summed E-state index contributed by atoms with van der Waals surface area (Å²) in [6.45, 7) is 0. The Morgan fingerprint density at radius 1 is 1.53 bits per heavy atom. The normalized spacial score (nSPS) is 19.3. The van der Waals surface area contributed by atoms with Crippen LogP contribution in [-0.4, -0.2) is 16.9 Å². The number of ether oxygens (including phenoxy) is 1. The molecule has 6 heteroatoms. The Hall–Kier alpha value is -1.98. The smallest absolute Gasteiger partial charge is 0.361 e. The van der Waals surface area contributed by atoms with E-state index in [9.17, 15) is 19.3 Å². The van der Waals surface area contributed by atoms with Gasteiger partial charge in [0.15, 0.2) is 5.78 Å². The van der Waals surface area contributed by atoms with Crippen molar-refractivity contribution in [3.05, 3.63) is 39.7 Å². The van der Waals surface area contributed by atoms with E-state index in [2.05, 4.69) is 0 Å². The number of halogens is 1. The van der Waals surface area contributed by atoms with Gasteiger partial charge < -0.3 is 4.74 Å². The Labute approximate surface area is 83.6 Å². The predicted molar refractivity (Wildman–Crippen MR) is 46.8 cm³/mol. The van der Waals surface area contributed by atoms with Crippen LogP contribution in [0.15, 0.2) is 18.2 Å². The largest absolute Gasteiger partial charge is 0.429 e. The van der Waals surface area contributed by atoms with Crippen molar-refractivity contribution in [2.45, 2.75) is 12.6 Å². The topological polar surface area (TPSA) is 69.4 Å². The number of hydrogen-bond acceptors (Lipinski definition) is 4. The molecule has 1 aromatic carbocycles. The number of carbonyl (C=O) groups excluding carboxylic acids is 1. The van der Waals surface area contributed by atoms with Crippen molar-refractivity contribution >= 4 is 5.78 Å². The highest BCUT2D eigenvalue weighted by Gasteiger charge is 2.33. The standard InChI is InChI=1S/C9H6FNO4/c10-5-1-2-6-7(12)4-9(11(13)14)15-8(6)3-5/h1-3,9H,4H2. The van der Waals surface area contributed by atoms with Gasteiger partial charge in [0.2, 0.25) is 0 Å². The van der Waals surface area contributed by atoms with Crippen molar-refractivity contribution in [3.8, 4) is 5.75 Å². The van der Waals surface area contributed by atoms with Crippen LogP contribution in [0.25, 0.3) is 0 Å². The lowest BCUT2D eigenvalue weighted by atomic mass is 10.0. The number of carbonyl (C=O) groups is 1. The van der Waals surface area contributed by atoms with Gasteiger partial charge >= 0.3 is 6.23 Å². The minimum absolute atomic E-state index is 0.0621. The fourth-order valence-electron chi connectivity index (χ4n) is 1.40. The Morgan fingerprint density at radius 2 is 2.27 bits per heavy atom. The van der Waals surface area contributed by atoms with Gasteiger partial charge in [0, 0.05) is 6.07 Å². The molecule has 1 aromatic rings. The van der Waals surface area contributed by atoms with Crippen molar-refractivity contribution < 1.29 is 18.8 Å². The highest BCUT2D eigenvalue weighted by Crippen LogP contribution is 2.28. The van der Waals surface area contributed by atoms with Crippen LogP contribution in [0.5, 0.6) is 5.75 Å². The van der Waals surface area contributed by atoms with Crippen molar-refractivity contribution in [2.24, 2.45) is 0 Å². The second-order valence-corrected chi connectivity index (χ2v) is 3.13. The molecule has 0 saturated heterocycles. The van der Waals surface area contributed by atoms with E-state index in [1.54, 1.807) is 0 Å². The Kier molecular flexibility index (Phi) is 2.11. The first-order valence-corrected chi connectivity index (χ1v) is 4.21. The molecule has 0 fully saturated rings. The van der Waals surface area contributed by atoms with Crippen LogP contribution in [0, 0.1) is 15.9 Å². The molecule has 0 aliphatic carbocycles. The number of nitrogens with zero attached hydrogens (tertiary/aromatic N) is 1. The maximum atomic E-state index is 12.8. The van der Waals surface area contributed by atoms with E-state index in [0.29, 0.717) is 0 Å². The van der Waals surface area contributed by atoms with Gasteiger partial charge in [0.25, 0.3) is 0 Å². The van der Waals surface area contributed by atoms with E-state index < -0.39 is 22.8 Å². The van der Waals surface area contributed by atoms with E-state index in [1.165, 1.54) is 6.07 Å². The molecule has 1 heterocycles. The highest BCUT2D eigenvalue weighted by atomic mass is 19.1. The third kappa shape index (κ3) is 1.65. The number of benzene rings is 1. The zero-order chi connectivity index (χ0) is 11.0. The zero-order valence-corrected chi connectivity index (χ0v) is 7.47.